The molecule has 4 rings (SSSR count). The zero-order valence-electron chi connectivity index (χ0n) is 19.3. The van der Waals surface area contributed by atoms with Crippen LogP contribution in [0.2, 0.25) is 0 Å². The Morgan fingerprint density at radius 3 is 2.38 bits per heavy atom. The summed E-state index contributed by atoms with van der Waals surface area (Å²) >= 11 is 0. The standard InChI is InChI=1S/C21H27N3O3.C2HF3O2/c1-15-19(16(2)27-22-15)12-24-14-21(10-20(24)25)8-9-23(13-21)11-17-4-6-18(26-3)7-5-17;3-2(4,5)1(6)7/h4-7H,8-14H2,1-3H3;(H,6,7). The Hall–Kier alpha value is -3.08. The van der Waals surface area contributed by atoms with Crippen molar-refractivity contribution in [1.82, 2.24) is 15.0 Å². The molecular weight excluding hydrogens is 455 g/mol. The molecule has 34 heavy (non-hydrogen) atoms. The lowest BCUT2D eigenvalue weighted by Gasteiger charge is -2.24. The van der Waals surface area contributed by atoms with Crippen molar-refractivity contribution in [2.45, 2.75) is 46.0 Å². The summed E-state index contributed by atoms with van der Waals surface area (Å²) in [6, 6.07) is 8.25. The number of rotatable bonds is 5. The molecule has 2 fully saturated rings. The third kappa shape index (κ3) is 6.07. The fourth-order valence-electron chi connectivity index (χ4n) is 4.47. The van der Waals surface area contributed by atoms with Gasteiger partial charge in [-0.15, -0.1) is 0 Å². The van der Waals surface area contributed by atoms with E-state index in [2.05, 4.69) is 22.2 Å². The number of nitrogens with zero attached hydrogens (tertiary/aromatic N) is 3. The Morgan fingerprint density at radius 1 is 1.21 bits per heavy atom. The van der Waals surface area contributed by atoms with Gasteiger partial charge in [-0.2, -0.15) is 13.2 Å². The maximum atomic E-state index is 12.7. The molecule has 2 aliphatic rings. The van der Waals surface area contributed by atoms with Gasteiger partial charge >= 0.3 is 12.1 Å². The smallest absolute Gasteiger partial charge is 0.490 e. The average Bonchev–Trinajstić information content (AvgIpc) is 3.41. The highest BCUT2D eigenvalue weighted by atomic mass is 19.4. The van der Waals surface area contributed by atoms with Gasteiger partial charge in [0.1, 0.15) is 11.5 Å². The fraction of sp³-hybridized carbons (Fsp3) is 0.522. The van der Waals surface area contributed by atoms with E-state index in [0.717, 1.165) is 55.4 Å². The minimum Gasteiger partial charge on any atom is -0.497 e. The molecule has 2 saturated heterocycles. The number of carbonyl (C=O) groups is 2. The molecule has 11 heteroatoms. The van der Waals surface area contributed by atoms with Gasteiger partial charge in [0.2, 0.25) is 5.91 Å². The number of ether oxygens (including phenoxy) is 1. The first-order chi connectivity index (χ1) is 15.9. The first-order valence-electron chi connectivity index (χ1n) is 10.8. The van der Waals surface area contributed by atoms with E-state index in [1.165, 1.54) is 5.56 Å². The summed E-state index contributed by atoms with van der Waals surface area (Å²) in [6.45, 7) is 8.23. The van der Waals surface area contributed by atoms with E-state index in [1.807, 2.05) is 30.9 Å². The predicted molar refractivity (Wildman–Crippen MR) is 115 cm³/mol. The number of likely N-dealkylation sites (tertiary alicyclic amines) is 2. The van der Waals surface area contributed by atoms with Gasteiger partial charge in [-0.05, 0) is 44.5 Å². The number of carboxylic acid groups (broad SMARTS) is 1. The number of aliphatic carboxylic acids is 1. The third-order valence-corrected chi connectivity index (χ3v) is 6.26. The van der Waals surface area contributed by atoms with Crippen molar-refractivity contribution in [1.29, 1.82) is 0 Å². The molecule has 1 aromatic carbocycles. The molecule has 1 spiro atoms. The first-order valence-corrected chi connectivity index (χ1v) is 10.8. The minimum absolute atomic E-state index is 0.0858. The van der Waals surface area contributed by atoms with Crippen molar-refractivity contribution in [3.8, 4) is 5.75 Å². The van der Waals surface area contributed by atoms with Crippen LogP contribution in [-0.4, -0.2) is 64.9 Å². The topological polar surface area (TPSA) is 96.1 Å². The lowest BCUT2D eigenvalue weighted by molar-refractivity contribution is -0.192. The molecule has 2 aromatic rings. The van der Waals surface area contributed by atoms with Gasteiger partial charge < -0.3 is 19.3 Å². The number of aromatic nitrogens is 1. The zero-order chi connectivity index (χ0) is 25.1. The normalized spacial score (nSPS) is 20.5. The maximum absolute atomic E-state index is 12.7. The van der Waals surface area contributed by atoms with Crippen LogP contribution in [0.15, 0.2) is 28.8 Å². The Labute approximate surface area is 195 Å². The second-order valence-electron chi connectivity index (χ2n) is 8.84. The molecule has 0 radical (unpaired) electrons. The second-order valence-corrected chi connectivity index (χ2v) is 8.84. The fourth-order valence-corrected chi connectivity index (χ4v) is 4.47. The van der Waals surface area contributed by atoms with Crippen LogP contribution in [0.3, 0.4) is 0 Å². The molecule has 186 valence electrons. The van der Waals surface area contributed by atoms with Gasteiger partial charge in [0.15, 0.2) is 0 Å². The molecule has 8 nitrogen and oxygen atoms in total. The monoisotopic (exact) mass is 483 g/mol. The minimum atomic E-state index is -5.08. The van der Waals surface area contributed by atoms with Gasteiger partial charge in [0.25, 0.3) is 0 Å². The van der Waals surface area contributed by atoms with Crippen molar-refractivity contribution in [3.63, 3.8) is 0 Å². The Kier molecular flexibility index (Phi) is 7.54. The molecule has 2 aliphatic heterocycles. The lowest BCUT2D eigenvalue weighted by atomic mass is 9.86. The summed E-state index contributed by atoms with van der Waals surface area (Å²) in [5.41, 5.74) is 3.30. The van der Waals surface area contributed by atoms with E-state index >= 15 is 0 Å². The van der Waals surface area contributed by atoms with E-state index in [9.17, 15) is 18.0 Å². The molecule has 1 aromatic heterocycles. The van der Waals surface area contributed by atoms with E-state index < -0.39 is 12.1 Å². The molecule has 3 heterocycles. The van der Waals surface area contributed by atoms with Crippen molar-refractivity contribution in [2.24, 2.45) is 5.41 Å². The number of hydrogen-bond donors (Lipinski definition) is 1. The quantitative estimate of drug-likeness (QED) is 0.695. The number of benzene rings is 1. The van der Waals surface area contributed by atoms with Crippen molar-refractivity contribution in [2.75, 3.05) is 26.7 Å². The third-order valence-electron chi connectivity index (χ3n) is 6.26. The highest BCUT2D eigenvalue weighted by Crippen LogP contribution is 2.41. The number of amides is 1. The van der Waals surface area contributed by atoms with Crippen LogP contribution >= 0.6 is 0 Å². The molecular formula is C23H28F3N3O5. The van der Waals surface area contributed by atoms with Crippen molar-refractivity contribution < 1.29 is 37.1 Å². The molecule has 0 aliphatic carbocycles. The number of carboxylic acids is 1. The van der Waals surface area contributed by atoms with Gasteiger partial charge in [-0.3, -0.25) is 9.69 Å². The number of methoxy groups -OCH3 is 1. The average molecular weight is 483 g/mol. The van der Waals surface area contributed by atoms with Crippen LogP contribution in [0.25, 0.3) is 0 Å². The summed E-state index contributed by atoms with van der Waals surface area (Å²) in [6.07, 6.45) is -3.36. The summed E-state index contributed by atoms with van der Waals surface area (Å²) in [7, 11) is 1.69. The zero-order valence-corrected chi connectivity index (χ0v) is 19.3. The van der Waals surface area contributed by atoms with E-state index in [0.29, 0.717) is 13.0 Å². The predicted octanol–water partition coefficient (Wildman–Crippen LogP) is 3.56. The van der Waals surface area contributed by atoms with Gasteiger partial charge in [0.05, 0.1) is 19.3 Å². The number of hydrogen-bond acceptors (Lipinski definition) is 6. The molecule has 1 amide bonds. The number of halogens is 3. The highest BCUT2D eigenvalue weighted by Gasteiger charge is 2.47. The first kappa shape index (κ1) is 25.5. The van der Waals surface area contributed by atoms with E-state index in [-0.39, 0.29) is 11.3 Å². The molecule has 1 atom stereocenters. The van der Waals surface area contributed by atoms with Crippen LogP contribution < -0.4 is 4.74 Å². The molecule has 1 N–H and O–H groups in total. The second kappa shape index (κ2) is 10.0. The van der Waals surface area contributed by atoms with E-state index in [1.54, 1.807) is 7.11 Å². The molecule has 0 bridgehead atoms. The summed E-state index contributed by atoms with van der Waals surface area (Å²) < 4.78 is 42.2. The number of aryl methyl sites for hydroxylation is 2. The van der Waals surface area contributed by atoms with Crippen molar-refractivity contribution >= 4 is 11.9 Å². The molecule has 1 unspecified atom stereocenters. The number of carbonyl (C=O) groups excluding carboxylic acids is 1. The Bertz CT molecular complexity index is 1000. The van der Waals surface area contributed by atoms with Gasteiger partial charge in [0, 0.05) is 37.0 Å². The van der Waals surface area contributed by atoms with Gasteiger partial charge in [-0.25, -0.2) is 4.79 Å². The van der Waals surface area contributed by atoms with Crippen LogP contribution in [0.1, 0.15) is 35.4 Å². The highest BCUT2D eigenvalue weighted by molar-refractivity contribution is 5.79. The maximum Gasteiger partial charge on any atom is 0.490 e. The van der Waals surface area contributed by atoms with Crippen LogP contribution in [0.5, 0.6) is 5.75 Å². The van der Waals surface area contributed by atoms with E-state index in [4.69, 9.17) is 19.2 Å². The Morgan fingerprint density at radius 2 is 1.85 bits per heavy atom. The van der Waals surface area contributed by atoms with Crippen molar-refractivity contribution in [3.05, 3.63) is 46.8 Å². The SMILES string of the molecule is COc1ccc(CN2CCC3(CC(=O)N(Cc4c(C)noc4C)C3)C2)cc1.O=C(O)C(F)(F)F. The Balaban J connectivity index is 0.000000406. The summed E-state index contributed by atoms with van der Waals surface area (Å²) in [5, 5.41) is 11.1. The number of alkyl halides is 3. The molecule has 0 saturated carbocycles. The van der Waals surface area contributed by atoms with Crippen LogP contribution in [0.4, 0.5) is 13.2 Å². The van der Waals surface area contributed by atoms with Crippen LogP contribution in [0, 0.1) is 19.3 Å². The lowest BCUT2D eigenvalue weighted by Crippen LogP contribution is -2.31. The van der Waals surface area contributed by atoms with Gasteiger partial charge in [-0.1, -0.05) is 17.3 Å². The summed E-state index contributed by atoms with van der Waals surface area (Å²) in [5.74, 6) is -0.810. The summed E-state index contributed by atoms with van der Waals surface area (Å²) in [4.78, 5) is 26.0. The largest absolute Gasteiger partial charge is 0.497 e. The van der Waals surface area contributed by atoms with Crippen LogP contribution in [-0.2, 0) is 22.7 Å².